The molecule has 0 aliphatic carbocycles. The van der Waals surface area contributed by atoms with Gasteiger partial charge in [-0.25, -0.2) is 4.99 Å². The number of hydrogen-bond acceptors (Lipinski definition) is 1. The lowest BCUT2D eigenvalue weighted by Crippen LogP contribution is -2.35. The maximum atomic E-state index is 5.19. The van der Waals surface area contributed by atoms with Crippen molar-refractivity contribution in [2.24, 2.45) is 4.99 Å². The van der Waals surface area contributed by atoms with Gasteiger partial charge in [0.1, 0.15) is 0 Å². The maximum Gasteiger partial charge on any atom is 0.198 e. The van der Waals surface area contributed by atoms with Gasteiger partial charge in [0.2, 0.25) is 0 Å². The van der Waals surface area contributed by atoms with E-state index in [-0.39, 0.29) is 6.04 Å². The van der Waals surface area contributed by atoms with Gasteiger partial charge in [0.05, 0.1) is 12.1 Å². The Morgan fingerprint density at radius 1 is 0.920 bits per heavy atom. The van der Waals surface area contributed by atoms with Crippen LogP contribution in [0.25, 0.3) is 0 Å². The number of aliphatic imine (C=N–C) groups is 1. The fraction of sp³-hybridized carbons (Fsp3) is 0.409. The van der Waals surface area contributed by atoms with Crippen LogP contribution in [0.4, 0.5) is 0 Å². The van der Waals surface area contributed by atoms with E-state index in [0.717, 1.165) is 13.1 Å². The quantitative estimate of drug-likeness (QED) is 0.811. The molecule has 25 heavy (non-hydrogen) atoms. The van der Waals surface area contributed by atoms with Crippen LogP contribution in [0.2, 0.25) is 0 Å². The van der Waals surface area contributed by atoms with Crippen LogP contribution < -0.4 is 0 Å². The summed E-state index contributed by atoms with van der Waals surface area (Å²) in [4.78, 5) is 10.2. The molecular formula is C22H27N3. The summed E-state index contributed by atoms with van der Waals surface area (Å²) in [6.45, 7) is 6.75. The standard InChI is InChI=1S/C22H27N3/c1-17(19-10-5-3-6-11-19)23-22-24-15-9-14-21(24)16-25(22)18(2)20-12-7-4-8-13-20/h3-8,10-13,17-18,21H,9,14-16H2,1-2H3/t17?,18-,21-/m0/s1. The number of benzene rings is 2. The first-order valence-corrected chi connectivity index (χ1v) is 9.45. The molecule has 2 aromatic rings. The van der Waals surface area contributed by atoms with Crippen molar-refractivity contribution in [2.75, 3.05) is 13.1 Å². The molecule has 0 radical (unpaired) electrons. The van der Waals surface area contributed by atoms with Crippen molar-refractivity contribution in [3.8, 4) is 0 Å². The molecule has 0 aromatic heterocycles. The zero-order valence-corrected chi connectivity index (χ0v) is 15.2. The molecule has 0 spiro atoms. The van der Waals surface area contributed by atoms with E-state index in [1.807, 2.05) is 0 Å². The van der Waals surface area contributed by atoms with Crippen LogP contribution in [0.1, 0.15) is 49.9 Å². The topological polar surface area (TPSA) is 18.8 Å². The molecule has 2 saturated heterocycles. The molecule has 0 amide bonds. The van der Waals surface area contributed by atoms with Gasteiger partial charge in [0.25, 0.3) is 0 Å². The highest BCUT2D eigenvalue weighted by Gasteiger charge is 2.40. The summed E-state index contributed by atoms with van der Waals surface area (Å²) in [6, 6.07) is 22.6. The van der Waals surface area contributed by atoms with Gasteiger partial charge in [-0.3, -0.25) is 0 Å². The van der Waals surface area contributed by atoms with Crippen LogP contribution in [0.5, 0.6) is 0 Å². The second-order valence-electron chi connectivity index (χ2n) is 7.24. The largest absolute Gasteiger partial charge is 0.338 e. The summed E-state index contributed by atoms with van der Waals surface area (Å²) >= 11 is 0. The summed E-state index contributed by atoms with van der Waals surface area (Å²) in [5.41, 5.74) is 2.65. The highest BCUT2D eigenvalue weighted by molar-refractivity contribution is 5.83. The summed E-state index contributed by atoms with van der Waals surface area (Å²) in [5, 5.41) is 0. The Labute approximate surface area is 151 Å². The van der Waals surface area contributed by atoms with Crippen LogP contribution in [-0.4, -0.2) is 34.9 Å². The Bertz CT molecular complexity index is 725. The lowest BCUT2D eigenvalue weighted by atomic mass is 10.1. The molecule has 0 N–H and O–H groups in total. The maximum absolute atomic E-state index is 5.19. The van der Waals surface area contributed by atoms with E-state index in [9.17, 15) is 0 Å². The van der Waals surface area contributed by atoms with Gasteiger partial charge in [-0.1, -0.05) is 60.7 Å². The lowest BCUT2D eigenvalue weighted by molar-refractivity contribution is 0.345. The van der Waals surface area contributed by atoms with Gasteiger partial charge in [0, 0.05) is 19.1 Å². The van der Waals surface area contributed by atoms with Crippen molar-refractivity contribution < 1.29 is 0 Å². The Morgan fingerprint density at radius 3 is 2.24 bits per heavy atom. The highest BCUT2D eigenvalue weighted by Crippen LogP contribution is 2.34. The van der Waals surface area contributed by atoms with Gasteiger partial charge >= 0.3 is 0 Å². The zero-order valence-electron chi connectivity index (χ0n) is 15.2. The fourth-order valence-electron chi connectivity index (χ4n) is 4.13. The smallest absolute Gasteiger partial charge is 0.198 e. The van der Waals surface area contributed by atoms with E-state index in [1.165, 1.54) is 29.9 Å². The van der Waals surface area contributed by atoms with E-state index in [4.69, 9.17) is 4.99 Å². The third-order valence-electron chi connectivity index (χ3n) is 5.64. The number of rotatable bonds is 4. The molecule has 2 aliphatic heterocycles. The summed E-state index contributed by atoms with van der Waals surface area (Å²) < 4.78 is 0. The summed E-state index contributed by atoms with van der Waals surface area (Å²) in [5.74, 6) is 1.19. The lowest BCUT2D eigenvalue weighted by Gasteiger charge is -2.29. The summed E-state index contributed by atoms with van der Waals surface area (Å²) in [7, 11) is 0. The molecule has 2 aliphatic rings. The van der Waals surface area contributed by atoms with Gasteiger partial charge in [0.15, 0.2) is 5.96 Å². The molecule has 3 atom stereocenters. The van der Waals surface area contributed by atoms with Crippen molar-refractivity contribution >= 4 is 5.96 Å². The van der Waals surface area contributed by atoms with Crippen molar-refractivity contribution in [2.45, 2.75) is 44.8 Å². The van der Waals surface area contributed by atoms with Crippen molar-refractivity contribution in [1.29, 1.82) is 0 Å². The van der Waals surface area contributed by atoms with Crippen LogP contribution in [-0.2, 0) is 0 Å². The second-order valence-corrected chi connectivity index (χ2v) is 7.24. The SMILES string of the molecule is CC(N=C1N2CCC[C@H]2CN1[C@@H](C)c1ccccc1)c1ccccc1. The van der Waals surface area contributed by atoms with E-state index in [2.05, 4.69) is 84.3 Å². The molecule has 4 rings (SSSR count). The molecular weight excluding hydrogens is 306 g/mol. The Balaban J connectivity index is 1.65. The minimum Gasteiger partial charge on any atom is -0.338 e. The Morgan fingerprint density at radius 2 is 1.56 bits per heavy atom. The zero-order chi connectivity index (χ0) is 17.2. The van der Waals surface area contributed by atoms with E-state index in [0.29, 0.717) is 12.1 Å². The average Bonchev–Trinajstić information content (AvgIpc) is 3.25. The van der Waals surface area contributed by atoms with Crippen LogP contribution in [0.3, 0.4) is 0 Å². The van der Waals surface area contributed by atoms with Crippen LogP contribution in [0, 0.1) is 0 Å². The van der Waals surface area contributed by atoms with Gasteiger partial charge in [-0.2, -0.15) is 0 Å². The predicted molar refractivity (Wildman–Crippen MR) is 104 cm³/mol. The minimum atomic E-state index is 0.182. The van der Waals surface area contributed by atoms with Crippen LogP contribution in [0.15, 0.2) is 65.7 Å². The molecule has 2 heterocycles. The predicted octanol–water partition coefficient (Wildman–Crippen LogP) is 4.64. The van der Waals surface area contributed by atoms with E-state index >= 15 is 0 Å². The first-order valence-electron chi connectivity index (χ1n) is 9.45. The molecule has 3 nitrogen and oxygen atoms in total. The number of hydrogen-bond donors (Lipinski definition) is 0. The minimum absolute atomic E-state index is 0.182. The third kappa shape index (κ3) is 3.15. The van der Waals surface area contributed by atoms with E-state index in [1.54, 1.807) is 0 Å². The molecule has 0 bridgehead atoms. The molecule has 130 valence electrons. The number of fused-ring (bicyclic) bond motifs is 1. The van der Waals surface area contributed by atoms with Gasteiger partial charge < -0.3 is 9.80 Å². The third-order valence-corrected chi connectivity index (χ3v) is 5.64. The van der Waals surface area contributed by atoms with Crippen molar-refractivity contribution in [3.05, 3.63) is 71.8 Å². The van der Waals surface area contributed by atoms with Gasteiger partial charge in [-0.05, 0) is 37.8 Å². The molecule has 2 aromatic carbocycles. The number of guanidine groups is 1. The van der Waals surface area contributed by atoms with Crippen molar-refractivity contribution in [1.82, 2.24) is 9.80 Å². The molecule has 0 saturated carbocycles. The fourth-order valence-corrected chi connectivity index (χ4v) is 4.13. The first-order chi connectivity index (χ1) is 12.2. The molecule has 1 unspecified atom stereocenters. The van der Waals surface area contributed by atoms with Crippen LogP contribution >= 0.6 is 0 Å². The number of nitrogens with zero attached hydrogens (tertiary/aromatic N) is 3. The Kier molecular flexibility index (Phi) is 4.48. The second kappa shape index (κ2) is 6.91. The normalized spacial score (nSPS) is 23.8. The molecule has 2 fully saturated rings. The first kappa shape index (κ1) is 16.2. The monoisotopic (exact) mass is 333 g/mol. The average molecular weight is 333 g/mol. The van der Waals surface area contributed by atoms with E-state index < -0.39 is 0 Å². The van der Waals surface area contributed by atoms with Crippen molar-refractivity contribution in [3.63, 3.8) is 0 Å². The Hall–Kier alpha value is -2.29. The molecule has 3 heteroatoms. The van der Waals surface area contributed by atoms with Gasteiger partial charge in [-0.15, -0.1) is 0 Å². The highest BCUT2D eigenvalue weighted by atomic mass is 15.5. The summed E-state index contributed by atoms with van der Waals surface area (Å²) in [6.07, 6.45) is 2.58.